The molecule has 0 bridgehead atoms. The number of anilines is 1. The van der Waals surface area contributed by atoms with E-state index < -0.39 is 0 Å². The zero-order valence-corrected chi connectivity index (χ0v) is 18.7. The Labute approximate surface area is 181 Å². The number of amides is 1. The van der Waals surface area contributed by atoms with Crippen LogP contribution in [-0.2, 0) is 4.79 Å². The SMILES string of the molecule is CCN(CC)CCN(C(=O)CSc1ccccc1)c1nc2ccccc2s1.Cl. The molecule has 1 heterocycles. The van der Waals surface area contributed by atoms with Crippen LogP contribution in [0.2, 0.25) is 0 Å². The number of thioether (sulfide) groups is 1. The fourth-order valence-electron chi connectivity index (χ4n) is 2.82. The van der Waals surface area contributed by atoms with Crippen LogP contribution >= 0.6 is 35.5 Å². The smallest absolute Gasteiger partial charge is 0.239 e. The molecule has 4 nitrogen and oxygen atoms in total. The molecule has 1 aromatic heterocycles. The van der Waals surface area contributed by atoms with Gasteiger partial charge in [0, 0.05) is 18.0 Å². The molecule has 2 aromatic carbocycles. The predicted octanol–water partition coefficient (Wildman–Crippen LogP) is 5.19. The van der Waals surface area contributed by atoms with E-state index in [2.05, 4.69) is 24.8 Å². The molecule has 0 aliphatic carbocycles. The normalized spacial score (nSPS) is 10.8. The number of fused-ring (bicyclic) bond motifs is 1. The molecule has 3 aromatic rings. The molecule has 150 valence electrons. The van der Waals surface area contributed by atoms with E-state index in [4.69, 9.17) is 4.98 Å². The minimum Gasteiger partial charge on any atom is -0.302 e. The average Bonchev–Trinajstić information content (AvgIpc) is 3.14. The first-order chi connectivity index (χ1) is 13.2. The van der Waals surface area contributed by atoms with Crippen molar-refractivity contribution in [1.82, 2.24) is 9.88 Å². The molecule has 0 atom stereocenters. The zero-order chi connectivity index (χ0) is 19.1. The van der Waals surface area contributed by atoms with E-state index in [0.717, 1.165) is 39.9 Å². The monoisotopic (exact) mass is 435 g/mol. The molecule has 0 radical (unpaired) electrons. The van der Waals surface area contributed by atoms with Crippen LogP contribution in [0, 0.1) is 0 Å². The average molecular weight is 436 g/mol. The lowest BCUT2D eigenvalue weighted by molar-refractivity contribution is -0.116. The van der Waals surface area contributed by atoms with Gasteiger partial charge in [0.25, 0.3) is 0 Å². The van der Waals surface area contributed by atoms with E-state index in [1.807, 2.05) is 53.4 Å². The first-order valence-corrected chi connectivity index (χ1v) is 11.1. The van der Waals surface area contributed by atoms with Gasteiger partial charge in [0.2, 0.25) is 5.91 Å². The molecule has 3 rings (SSSR count). The van der Waals surface area contributed by atoms with Crippen molar-refractivity contribution in [3.8, 4) is 0 Å². The Bertz CT molecular complexity index is 835. The quantitative estimate of drug-likeness (QED) is 0.433. The summed E-state index contributed by atoms with van der Waals surface area (Å²) in [5.41, 5.74) is 0.953. The highest BCUT2D eigenvalue weighted by Gasteiger charge is 2.20. The number of nitrogens with zero attached hydrogens (tertiary/aromatic N) is 3. The third-order valence-electron chi connectivity index (χ3n) is 4.45. The van der Waals surface area contributed by atoms with Gasteiger partial charge in [-0.3, -0.25) is 9.69 Å². The van der Waals surface area contributed by atoms with E-state index in [-0.39, 0.29) is 18.3 Å². The van der Waals surface area contributed by atoms with Gasteiger partial charge in [-0.05, 0) is 37.4 Å². The third-order valence-corrected chi connectivity index (χ3v) is 6.51. The minimum atomic E-state index is 0. The number of halogens is 1. The van der Waals surface area contributed by atoms with E-state index >= 15 is 0 Å². The van der Waals surface area contributed by atoms with Crippen molar-refractivity contribution in [3.05, 3.63) is 54.6 Å². The van der Waals surface area contributed by atoms with Crippen molar-refractivity contribution in [3.63, 3.8) is 0 Å². The van der Waals surface area contributed by atoms with Gasteiger partial charge in [-0.15, -0.1) is 24.2 Å². The van der Waals surface area contributed by atoms with Gasteiger partial charge in [-0.1, -0.05) is 55.5 Å². The Balaban J connectivity index is 0.00000280. The summed E-state index contributed by atoms with van der Waals surface area (Å²) in [5, 5.41) is 0.794. The topological polar surface area (TPSA) is 36.4 Å². The lowest BCUT2D eigenvalue weighted by Crippen LogP contribution is -2.39. The van der Waals surface area contributed by atoms with Gasteiger partial charge in [-0.25, -0.2) is 4.98 Å². The third kappa shape index (κ3) is 5.95. The standard InChI is InChI=1S/C21H25N3OS2.ClH/c1-3-23(4-2)14-15-24(20(25)16-26-17-10-6-5-7-11-17)21-22-18-12-8-9-13-19(18)27-21;/h5-13H,3-4,14-16H2,1-2H3;1H. The molecule has 0 fully saturated rings. The maximum absolute atomic E-state index is 13.0. The summed E-state index contributed by atoms with van der Waals surface area (Å²) in [6, 6.07) is 18.1. The van der Waals surface area contributed by atoms with E-state index in [1.165, 1.54) is 0 Å². The fourth-order valence-corrected chi connectivity index (χ4v) is 4.63. The molecule has 0 saturated carbocycles. The highest BCUT2D eigenvalue weighted by Crippen LogP contribution is 2.29. The van der Waals surface area contributed by atoms with Crippen LogP contribution < -0.4 is 4.90 Å². The van der Waals surface area contributed by atoms with Crippen molar-refractivity contribution in [1.29, 1.82) is 0 Å². The van der Waals surface area contributed by atoms with Gasteiger partial charge in [-0.2, -0.15) is 0 Å². The van der Waals surface area contributed by atoms with Crippen LogP contribution in [0.25, 0.3) is 10.2 Å². The summed E-state index contributed by atoms with van der Waals surface area (Å²) in [7, 11) is 0. The molecule has 0 unspecified atom stereocenters. The summed E-state index contributed by atoms with van der Waals surface area (Å²) >= 11 is 3.16. The molecule has 7 heteroatoms. The molecule has 1 amide bonds. The van der Waals surface area contributed by atoms with Crippen LogP contribution in [0.15, 0.2) is 59.5 Å². The molecule has 0 spiro atoms. The van der Waals surface area contributed by atoms with Crippen molar-refractivity contribution < 1.29 is 4.79 Å². The second-order valence-corrected chi connectivity index (χ2v) is 8.20. The largest absolute Gasteiger partial charge is 0.302 e. The Morgan fingerprint density at radius 2 is 1.68 bits per heavy atom. The molecule has 0 aliphatic heterocycles. The van der Waals surface area contributed by atoms with Gasteiger partial charge in [0.15, 0.2) is 5.13 Å². The number of benzene rings is 2. The summed E-state index contributed by atoms with van der Waals surface area (Å²) < 4.78 is 1.11. The maximum atomic E-state index is 13.0. The van der Waals surface area contributed by atoms with Crippen LogP contribution in [0.5, 0.6) is 0 Å². The number of para-hydroxylation sites is 1. The second kappa shape index (κ2) is 11.4. The summed E-state index contributed by atoms with van der Waals surface area (Å²) in [5.74, 6) is 0.521. The van der Waals surface area contributed by atoms with E-state index in [0.29, 0.717) is 12.3 Å². The number of likely N-dealkylation sites (N-methyl/N-ethyl adjacent to an activating group) is 1. The summed E-state index contributed by atoms with van der Waals surface area (Å²) in [6.07, 6.45) is 0. The Morgan fingerprint density at radius 3 is 2.36 bits per heavy atom. The number of carbonyl (C=O) groups excluding carboxylic acids is 1. The number of thiazole rings is 1. The van der Waals surface area contributed by atoms with Crippen molar-refractivity contribution in [2.45, 2.75) is 18.7 Å². The molecular weight excluding hydrogens is 410 g/mol. The van der Waals surface area contributed by atoms with E-state index in [9.17, 15) is 4.79 Å². The number of hydrogen-bond donors (Lipinski definition) is 0. The maximum Gasteiger partial charge on any atom is 0.239 e. The number of carbonyl (C=O) groups is 1. The lowest BCUT2D eigenvalue weighted by atomic mass is 10.3. The number of rotatable bonds is 9. The summed E-state index contributed by atoms with van der Waals surface area (Å²) in [4.78, 5) is 23.1. The second-order valence-electron chi connectivity index (χ2n) is 6.14. The van der Waals surface area contributed by atoms with Gasteiger partial charge in [0.05, 0.1) is 16.0 Å². The van der Waals surface area contributed by atoms with E-state index in [1.54, 1.807) is 23.1 Å². The van der Waals surface area contributed by atoms with Crippen LogP contribution in [0.1, 0.15) is 13.8 Å². The van der Waals surface area contributed by atoms with Crippen molar-refractivity contribution in [2.75, 3.05) is 36.8 Å². The van der Waals surface area contributed by atoms with Gasteiger partial charge in [0.1, 0.15) is 0 Å². The summed E-state index contributed by atoms with van der Waals surface area (Å²) in [6.45, 7) is 7.78. The first-order valence-electron chi connectivity index (χ1n) is 9.27. The molecule has 28 heavy (non-hydrogen) atoms. The molecule has 0 aliphatic rings. The Kier molecular flexibility index (Phi) is 9.25. The van der Waals surface area contributed by atoms with Crippen molar-refractivity contribution >= 4 is 56.8 Å². The number of aromatic nitrogens is 1. The van der Waals surface area contributed by atoms with Crippen LogP contribution in [0.3, 0.4) is 0 Å². The highest BCUT2D eigenvalue weighted by atomic mass is 35.5. The minimum absolute atomic E-state index is 0. The highest BCUT2D eigenvalue weighted by molar-refractivity contribution is 8.00. The predicted molar refractivity (Wildman–Crippen MR) is 124 cm³/mol. The van der Waals surface area contributed by atoms with Crippen LogP contribution in [-0.4, -0.2) is 47.7 Å². The molecule has 0 saturated heterocycles. The Hall–Kier alpha value is -1.60. The van der Waals surface area contributed by atoms with Gasteiger partial charge < -0.3 is 4.90 Å². The molecule has 0 N–H and O–H groups in total. The Morgan fingerprint density at radius 1 is 1.00 bits per heavy atom. The van der Waals surface area contributed by atoms with Crippen molar-refractivity contribution in [2.24, 2.45) is 0 Å². The fraction of sp³-hybridized carbons (Fsp3) is 0.333. The number of hydrogen-bond acceptors (Lipinski definition) is 5. The zero-order valence-electron chi connectivity index (χ0n) is 16.2. The lowest BCUT2D eigenvalue weighted by Gasteiger charge is -2.24. The van der Waals surface area contributed by atoms with Gasteiger partial charge >= 0.3 is 0 Å². The van der Waals surface area contributed by atoms with Crippen LogP contribution in [0.4, 0.5) is 5.13 Å². The molecular formula is C21H26ClN3OS2. The first kappa shape index (κ1) is 22.7.